The largest absolute Gasteiger partial charge is 0.356 e. The molecule has 1 aromatic rings. The first-order valence-electron chi connectivity index (χ1n) is 7.13. The molecular weight excluding hydrogens is 435 g/mol. The van der Waals surface area contributed by atoms with Crippen molar-refractivity contribution in [3.8, 4) is 0 Å². The molecule has 1 fully saturated rings. The third kappa shape index (κ3) is 5.99. The van der Waals surface area contributed by atoms with E-state index in [9.17, 15) is 8.42 Å². The number of sulfone groups is 1. The maximum absolute atomic E-state index is 11.4. The summed E-state index contributed by atoms with van der Waals surface area (Å²) in [6.45, 7) is 2.85. The summed E-state index contributed by atoms with van der Waals surface area (Å²) in [6, 6.07) is -0.0345. The standard InChI is InChI=1S/C13H22N4O2S2.HI/c1-3-11-8-16-12(20-11)4-6-15-13(14-2)17-10-5-7-21(18,19)9-10;/h8,10H,3-7,9H2,1-2H3,(H2,14,15,17);1H. The zero-order valence-electron chi connectivity index (χ0n) is 12.8. The Labute approximate surface area is 153 Å². The molecule has 0 bridgehead atoms. The molecule has 1 unspecified atom stereocenters. The summed E-state index contributed by atoms with van der Waals surface area (Å²) in [7, 11) is -1.17. The molecule has 0 spiro atoms. The molecule has 9 heteroatoms. The monoisotopic (exact) mass is 458 g/mol. The van der Waals surface area contributed by atoms with Crippen LogP contribution in [0.2, 0.25) is 0 Å². The van der Waals surface area contributed by atoms with Crippen LogP contribution in [0.5, 0.6) is 0 Å². The first-order valence-corrected chi connectivity index (χ1v) is 9.77. The number of hydrogen-bond acceptors (Lipinski definition) is 5. The first-order chi connectivity index (χ1) is 10.0. The van der Waals surface area contributed by atoms with Gasteiger partial charge >= 0.3 is 0 Å². The van der Waals surface area contributed by atoms with Crippen LogP contribution in [0.3, 0.4) is 0 Å². The molecule has 0 aliphatic carbocycles. The smallest absolute Gasteiger partial charge is 0.191 e. The van der Waals surface area contributed by atoms with Crippen molar-refractivity contribution >= 4 is 51.1 Å². The Kier molecular flexibility index (Phi) is 8.04. The van der Waals surface area contributed by atoms with Gasteiger partial charge in [-0.05, 0) is 12.8 Å². The van der Waals surface area contributed by atoms with Gasteiger partial charge in [-0.1, -0.05) is 6.92 Å². The molecular formula is C13H23IN4O2S2. The van der Waals surface area contributed by atoms with Crippen LogP contribution < -0.4 is 10.6 Å². The minimum Gasteiger partial charge on any atom is -0.356 e. The molecule has 1 aliphatic heterocycles. The van der Waals surface area contributed by atoms with Crippen LogP contribution in [0.25, 0.3) is 0 Å². The van der Waals surface area contributed by atoms with Crippen molar-refractivity contribution in [2.24, 2.45) is 4.99 Å². The lowest BCUT2D eigenvalue weighted by molar-refractivity contribution is 0.599. The Bertz CT molecular complexity index is 601. The van der Waals surface area contributed by atoms with Crippen LogP contribution in [0.15, 0.2) is 11.2 Å². The molecule has 22 heavy (non-hydrogen) atoms. The van der Waals surface area contributed by atoms with Gasteiger partial charge in [-0.2, -0.15) is 0 Å². The number of aryl methyl sites for hydroxylation is 1. The fraction of sp³-hybridized carbons (Fsp3) is 0.692. The summed E-state index contributed by atoms with van der Waals surface area (Å²) in [5.41, 5.74) is 0. The lowest BCUT2D eigenvalue weighted by atomic mass is 10.3. The zero-order chi connectivity index (χ0) is 15.3. The van der Waals surface area contributed by atoms with E-state index in [0.717, 1.165) is 24.4 Å². The summed E-state index contributed by atoms with van der Waals surface area (Å²) in [5, 5.41) is 7.49. The van der Waals surface area contributed by atoms with E-state index in [1.165, 1.54) is 4.88 Å². The number of hydrogen-bond donors (Lipinski definition) is 2. The highest BCUT2D eigenvalue weighted by molar-refractivity contribution is 14.0. The highest BCUT2D eigenvalue weighted by Crippen LogP contribution is 2.13. The van der Waals surface area contributed by atoms with Crippen LogP contribution >= 0.6 is 35.3 Å². The number of aromatic nitrogens is 1. The molecule has 1 aromatic heterocycles. The molecule has 1 aliphatic rings. The van der Waals surface area contributed by atoms with Crippen LogP contribution in [0.1, 0.15) is 23.2 Å². The van der Waals surface area contributed by atoms with Gasteiger partial charge in [-0.3, -0.25) is 4.99 Å². The summed E-state index contributed by atoms with van der Waals surface area (Å²) in [5.74, 6) is 1.12. The number of guanidine groups is 1. The Morgan fingerprint density at radius 3 is 2.86 bits per heavy atom. The van der Waals surface area contributed by atoms with Crippen molar-refractivity contribution in [2.45, 2.75) is 32.2 Å². The molecule has 0 aromatic carbocycles. The number of halogens is 1. The quantitative estimate of drug-likeness (QED) is 0.394. The molecule has 126 valence electrons. The predicted molar refractivity (Wildman–Crippen MR) is 102 cm³/mol. The Morgan fingerprint density at radius 1 is 1.55 bits per heavy atom. The lowest BCUT2D eigenvalue weighted by Gasteiger charge is -2.15. The van der Waals surface area contributed by atoms with Gasteiger partial charge in [0.05, 0.1) is 16.5 Å². The van der Waals surface area contributed by atoms with Crippen molar-refractivity contribution in [3.05, 3.63) is 16.1 Å². The summed E-state index contributed by atoms with van der Waals surface area (Å²) >= 11 is 1.73. The van der Waals surface area contributed by atoms with Crippen LogP contribution in [0, 0.1) is 0 Å². The fourth-order valence-corrected chi connectivity index (χ4v) is 4.75. The normalized spacial score (nSPS) is 20.5. The minimum atomic E-state index is -2.87. The van der Waals surface area contributed by atoms with Crippen LogP contribution in [0.4, 0.5) is 0 Å². The van der Waals surface area contributed by atoms with Crippen molar-refractivity contribution in [2.75, 3.05) is 25.1 Å². The van der Waals surface area contributed by atoms with Gasteiger partial charge in [0.25, 0.3) is 0 Å². The Balaban J connectivity index is 0.00000242. The van der Waals surface area contributed by atoms with Gasteiger partial charge in [0, 0.05) is 37.1 Å². The van der Waals surface area contributed by atoms with E-state index in [0.29, 0.717) is 12.4 Å². The molecule has 0 saturated carbocycles. The van der Waals surface area contributed by atoms with E-state index in [1.54, 1.807) is 18.4 Å². The molecule has 2 heterocycles. The molecule has 0 amide bonds. The molecule has 2 rings (SSSR count). The average Bonchev–Trinajstić information content (AvgIpc) is 3.04. The van der Waals surface area contributed by atoms with Gasteiger partial charge in [-0.15, -0.1) is 35.3 Å². The summed E-state index contributed by atoms with van der Waals surface area (Å²) in [4.78, 5) is 9.80. The number of nitrogens with zero attached hydrogens (tertiary/aromatic N) is 2. The highest BCUT2D eigenvalue weighted by Gasteiger charge is 2.28. The first kappa shape index (κ1) is 19.6. The van der Waals surface area contributed by atoms with Crippen molar-refractivity contribution in [1.82, 2.24) is 15.6 Å². The third-order valence-corrected chi connectivity index (χ3v) is 6.35. The molecule has 2 N–H and O–H groups in total. The predicted octanol–water partition coefficient (Wildman–Crippen LogP) is 1.22. The minimum absolute atomic E-state index is 0. The second kappa shape index (κ2) is 9.02. The second-order valence-electron chi connectivity index (χ2n) is 5.07. The number of aliphatic imine (C=N–C) groups is 1. The van der Waals surface area contributed by atoms with Crippen LogP contribution in [-0.2, 0) is 22.7 Å². The van der Waals surface area contributed by atoms with Gasteiger partial charge in [0.2, 0.25) is 0 Å². The maximum atomic E-state index is 11.4. The Hall–Kier alpha value is -0.420. The van der Waals surface area contributed by atoms with Crippen molar-refractivity contribution in [3.63, 3.8) is 0 Å². The SMILES string of the molecule is CCc1cnc(CCNC(=NC)NC2CCS(=O)(=O)C2)s1.I. The number of nitrogens with one attached hydrogen (secondary N) is 2. The maximum Gasteiger partial charge on any atom is 0.191 e. The van der Waals surface area contributed by atoms with Gasteiger partial charge in [0.1, 0.15) is 0 Å². The fourth-order valence-electron chi connectivity index (χ4n) is 2.21. The molecule has 1 saturated heterocycles. The van der Waals surface area contributed by atoms with E-state index in [4.69, 9.17) is 0 Å². The summed E-state index contributed by atoms with van der Waals surface area (Å²) in [6.07, 6.45) is 4.44. The van der Waals surface area contributed by atoms with Gasteiger partial charge in [0.15, 0.2) is 15.8 Å². The van der Waals surface area contributed by atoms with Crippen LogP contribution in [-0.4, -0.2) is 50.5 Å². The lowest BCUT2D eigenvalue weighted by Crippen LogP contribution is -2.44. The van der Waals surface area contributed by atoms with E-state index in [2.05, 4.69) is 27.5 Å². The van der Waals surface area contributed by atoms with Crippen molar-refractivity contribution < 1.29 is 8.42 Å². The average molecular weight is 458 g/mol. The zero-order valence-corrected chi connectivity index (χ0v) is 16.8. The third-order valence-electron chi connectivity index (χ3n) is 3.38. The van der Waals surface area contributed by atoms with Gasteiger partial charge < -0.3 is 10.6 Å². The summed E-state index contributed by atoms with van der Waals surface area (Å²) < 4.78 is 22.9. The number of rotatable bonds is 5. The van der Waals surface area contributed by atoms with E-state index in [1.807, 2.05) is 6.20 Å². The second-order valence-corrected chi connectivity index (χ2v) is 8.50. The highest BCUT2D eigenvalue weighted by atomic mass is 127. The molecule has 1 atom stereocenters. The van der Waals surface area contributed by atoms with E-state index >= 15 is 0 Å². The molecule has 6 nitrogen and oxygen atoms in total. The Morgan fingerprint density at radius 2 is 2.32 bits per heavy atom. The van der Waals surface area contributed by atoms with Gasteiger partial charge in [-0.25, -0.2) is 13.4 Å². The van der Waals surface area contributed by atoms with E-state index in [-0.39, 0.29) is 41.5 Å². The molecule has 0 radical (unpaired) electrons. The van der Waals surface area contributed by atoms with E-state index < -0.39 is 9.84 Å². The topological polar surface area (TPSA) is 83.4 Å². The van der Waals surface area contributed by atoms with Crippen molar-refractivity contribution in [1.29, 1.82) is 0 Å². The number of thiazole rings is 1.